The molecule has 0 spiro atoms. The molecule has 0 heterocycles. The molecule has 2 nitrogen and oxygen atoms in total. The monoisotopic (exact) mass is 194 g/mol. The Balaban J connectivity index is 2.01. The van der Waals surface area contributed by atoms with Gasteiger partial charge >= 0.3 is 5.97 Å². The maximum absolute atomic E-state index is 11.2. The number of methoxy groups -OCH3 is 1. The summed E-state index contributed by atoms with van der Waals surface area (Å²) in [6.07, 6.45) is 8.20. The van der Waals surface area contributed by atoms with Gasteiger partial charge in [0, 0.05) is 0 Å². The van der Waals surface area contributed by atoms with Crippen molar-refractivity contribution in [3.05, 3.63) is 11.1 Å². The number of carbonyl (C=O) groups is 1. The van der Waals surface area contributed by atoms with Gasteiger partial charge in [0.1, 0.15) is 0 Å². The summed E-state index contributed by atoms with van der Waals surface area (Å²) in [7, 11) is 1.48. The van der Waals surface area contributed by atoms with Crippen molar-refractivity contribution in [2.24, 2.45) is 5.92 Å². The molecule has 0 bridgehead atoms. The van der Waals surface area contributed by atoms with Crippen LogP contribution in [0.4, 0.5) is 0 Å². The lowest BCUT2D eigenvalue weighted by molar-refractivity contribution is -0.141. The van der Waals surface area contributed by atoms with Gasteiger partial charge in [0.25, 0.3) is 0 Å². The molecule has 0 aromatic heterocycles. The van der Waals surface area contributed by atoms with Crippen molar-refractivity contribution in [3.63, 3.8) is 0 Å². The fourth-order valence-electron chi connectivity index (χ4n) is 2.80. The third kappa shape index (κ3) is 1.84. The van der Waals surface area contributed by atoms with E-state index in [4.69, 9.17) is 4.74 Å². The maximum atomic E-state index is 11.2. The van der Waals surface area contributed by atoms with Crippen LogP contribution >= 0.6 is 0 Å². The number of allylic oxidation sites excluding steroid dienone is 2. The van der Waals surface area contributed by atoms with E-state index in [1.165, 1.54) is 45.6 Å². The summed E-state index contributed by atoms with van der Waals surface area (Å²) in [6.45, 7) is 0. The van der Waals surface area contributed by atoms with E-state index in [1.807, 2.05) is 0 Å². The van der Waals surface area contributed by atoms with Crippen molar-refractivity contribution >= 4 is 5.97 Å². The summed E-state index contributed by atoms with van der Waals surface area (Å²) in [6, 6.07) is 0. The Kier molecular flexibility index (Phi) is 2.90. The molecule has 0 aromatic rings. The van der Waals surface area contributed by atoms with E-state index in [-0.39, 0.29) is 5.97 Å². The van der Waals surface area contributed by atoms with Crippen molar-refractivity contribution in [2.45, 2.75) is 44.9 Å². The second kappa shape index (κ2) is 4.16. The van der Waals surface area contributed by atoms with Crippen molar-refractivity contribution in [1.29, 1.82) is 0 Å². The largest absolute Gasteiger partial charge is 0.469 e. The highest BCUT2D eigenvalue weighted by Crippen LogP contribution is 2.42. The first kappa shape index (κ1) is 9.75. The van der Waals surface area contributed by atoms with E-state index in [2.05, 4.69) is 0 Å². The molecule has 0 fully saturated rings. The highest BCUT2D eigenvalue weighted by molar-refractivity contribution is 5.70. The third-order valence-electron chi connectivity index (χ3n) is 3.56. The smallest absolute Gasteiger partial charge is 0.306 e. The van der Waals surface area contributed by atoms with Crippen LogP contribution in [0.5, 0.6) is 0 Å². The Morgan fingerprint density at radius 3 is 2.93 bits per heavy atom. The van der Waals surface area contributed by atoms with Gasteiger partial charge in [0.05, 0.1) is 13.5 Å². The number of hydrogen-bond acceptors (Lipinski definition) is 2. The number of esters is 1. The molecule has 2 heteroatoms. The van der Waals surface area contributed by atoms with Gasteiger partial charge in [0.15, 0.2) is 0 Å². The second-order valence-corrected chi connectivity index (χ2v) is 4.35. The number of rotatable bonds is 2. The molecule has 1 atom stereocenters. The molecule has 0 N–H and O–H groups in total. The highest BCUT2D eigenvalue weighted by Gasteiger charge is 2.28. The van der Waals surface area contributed by atoms with Gasteiger partial charge in [-0.1, -0.05) is 11.1 Å². The summed E-state index contributed by atoms with van der Waals surface area (Å²) < 4.78 is 4.73. The number of ether oxygens (including phenoxy) is 1. The molecule has 0 saturated heterocycles. The molecule has 78 valence electrons. The van der Waals surface area contributed by atoms with Crippen LogP contribution in [0.15, 0.2) is 11.1 Å². The van der Waals surface area contributed by atoms with E-state index in [0.717, 1.165) is 0 Å². The zero-order valence-corrected chi connectivity index (χ0v) is 8.84. The molecule has 0 aliphatic heterocycles. The molecule has 0 amide bonds. The van der Waals surface area contributed by atoms with Gasteiger partial charge in [0.2, 0.25) is 0 Å². The minimum atomic E-state index is -0.0469. The summed E-state index contributed by atoms with van der Waals surface area (Å²) in [5, 5.41) is 0. The maximum Gasteiger partial charge on any atom is 0.306 e. The lowest BCUT2D eigenvalue weighted by Gasteiger charge is -2.18. The molecule has 14 heavy (non-hydrogen) atoms. The lowest BCUT2D eigenvalue weighted by Crippen LogP contribution is -2.10. The Labute approximate surface area is 85.3 Å². The SMILES string of the molecule is COC(=O)CC1CCC2=C1CCCC2. The Morgan fingerprint density at radius 1 is 1.36 bits per heavy atom. The van der Waals surface area contributed by atoms with Crippen molar-refractivity contribution in [3.8, 4) is 0 Å². The minimum Gasteiger partial charge on any atom is -0.469 e. The highest BCUT2D eigenvalue weighted by atomic mass is 16.5. The lowest BCUT2D eigenvalue weighted by atomic mass is 9.88. The van der Waals surface area contributed by atoms with Crippen LogP contribution in [-0.4, -0.2) is 13.1 Å². The second-order valence-electron chi connectivity index (χ2n) is 4.35. The van der Waals surface area contributed by atoms with E-state index >= 15 is 0 Å². The average Bonchev–Trinajstić information content (AvgIpc) is 2.62. The molecule has 2 rings (SSSR count). The van der Waals surface area contributed by atoms with Crippen LogP contribution in [0.2, 0.25) is 0 Å². The molecular weight excluding hydrogens is 176 g/mol. The summed E-state index contributed by atoms with van der Waals surface area (Å²) in [5.41, 5.74) is 3.26. The van der Waals surface area contributed by atoms with E-state index in [0.29, 0.717) is 12.3 Å². The van der Waals surface area contributed by atoms with Crippen LogP contribution < -0.4 is 0 Å². The van der Waals surface area contributed by atoms with Crippen LogP contribution in [0.1, 0.15) is 44.9 Å². The average molecular weight is 194 g/mol. The van der Waals surface area contributed by atoms with Crippen molar-refractivity contribution in [2.75, 3.05) is 7.11 Å². The Hall–Kier alpha value is -0.790. The Morgan fingerprint density at radius 2 is 2.14 bits per heavy atom. The van der Waals surface area contributed by atoms with Gasteiger partial charge in [-0.15, -0.1) is 0 Å². The number of hydrogen-bond donors (Lipinski definition) is 0. The van der Waals surface area contributed by atoms with Crippen LogP contribution in [0.3, 0.4) is 0 Å². The quantitative estimate of drug-likeness (QED) is 0.499. The molecule has 1 unspecified atom stereocenters. The van der Waals surface area contributed by atoms with Gasteiger partial charge in [-0.25, -0.2) is 0 Å². The summed E-state index contributed by atoms with van der Waals surface area (Å²) >= 11 is 0. The predicted molar refractivity (Wildman–Crippen MR) is 54.9 cm³/mol. The van der Waals surface area contributed by atoms with Gasteiger partial charge in [-0.05, 0) is 44.4 Å². The van der Waals surface area contributed by atoms with Gasteiger partial charge < -0.3 is 4.74 Å². The van der Waals surface area contributed by atoms with E-state index in [1.54, 1.807) is 11.1 Å². The first-order valence-electron chi connectivity index (χ1n) is 5.59. The molecular formula is C12H18O2. The molecule has 0 saturated carbocycles. The van der Waals surface area contributed by atoms with Crippen LogP contribution in [0.25, 0.3) is 0 Å². The first-order chi connectivity index (χ1) is 6.81. The zero-order chi connectivity index (χ0) is 9.97. The Bertz CT molecular complexity index is 265. The molecule has 0 radical (unpaired) electrons. The first-order valence-corrected chi connectivity index (χ1v) is 5.59. The van der Waals surface area contributed by atoms with E-state index in [9.17, 15) is 4.79 Å². The molecule has 0 aromatic carbocycles. The fraction of sp³-hybridized carbons (Fsp3) is 0.750. The van der Waals surface area contributed by atoms with Crippen LogP contribution in [0, 0.1) is 5.92 Å². The molecule has 2 aliphatic rings. The van der Waals surface area contributed by atoms with Crippen molar-refractivity contribution in [1.82, 2.24) is 0 Å². The topological polar surface area (TPSA) is 26.3 Å². The van der Waals surface area contributed by atoms with E-state index < -0.39 is 0 Å². The van der Waals surface area contributed by atoms with Crippen LogP contribution in [-0.2, 0) is 9.53 Å². The predicted octanol–water partition coefficient (Wildman–Crippen LogP) is 2.83. The van der Waals surface area contributed by atoms with Crippen molar-refractivity contribution < 1.29 is 9.53 Å². The summed E-state index contributed by atoms with van der Waals surface area (Å²) in [5.74, 6) is 0.465. The molecule has 2 aliphatic carbocycles. The number of carbonyl (C=O) groups excluding carboxylic acids is 1. The fourth-order valence-corrected chi connectivity index (χ4v) is 2.80. The normalized spacial score (nSPS) is 26.2. The zero-order valence-electron chi connectivity index (χ0n) is 8.84. The van der Waals surface area contributed by atoms with Gasteiger partial charge in [-0.2, -0.15) is 0 Å². The summed E-state index contributed by atoms with van der Waals surface area (Å²) in [4.78, 5) is 11.2. The van der Waals surface area contributed by atoms with Gasteiger partial charge in [-0.3, -0.25) is 4.79 Å². The third-order valence-corrected chi connectivity index (χ3v) is 3.56. The minimum absolute atomic E-state index is 0.0469. The standard InChI is InChI=1S/C12H18O2/c1-14-12(13)8-10-7-6-9-4-2-3-5-11(9)10/h10H,2-8H2,1H3.